The molecule has 1 fully saturated rings. The second kappa shape index (κ2) is 5.41. The van der Waals surface area contributed by atoms with Crippen molar-refractivity contribution in [2.75, 3.05) is 0 Å². The molecule has 0 atom stereocenters. The van der Waals surface area contributed by atoms with Crippen LogP contribution in [-0.4, -0.2) is 20.4 Å². The van der Waals surface area contributed by atoms with Crippen molar-refractivity contribution in [1.29, 1.82) is 0 Å². The number of imidazole rings is 1. The fourth-order valence-corrected chi connectivity index (χ4v) is 4.52. The average Bonchev–Trinajstić information content (AvgIpc) is 3.31. The number of aryl methyl sites for hydroxylation is 1. The molecule has 2 aliphatic rings. The van der Waals surface area contributed by atoms with E-state index in [1.165, 1.54) is 37.0 Å². The number of nitrogens with zero attached hydrogens (tertiary/aromatic N) is 3. The number of ether oxygens (including phenoxy) is 1. The normalized spacial score (nSPS) is 17.8. The molecular weight excluding hydrogens is 322 g/mol. The minimum absolute atomic E-state index is 0.226. The largest absolute Gasteiger partial charge is 0.430 e. The van der Waals surface area contributed by atoms with E-state index in [-0.39, 0.29) is 5.78 Å². The fourth-order valence-electron chi connectivity index (χ4n) is 3.75. The Morgan fingerprint density at radius 3 is 2.92 bits per heavy atom. The quantitative estimate of drug-likeness (QED) is 0.711. The second-order valence-corrected chi connectivity index (χ2v) is 7.50. The number of hydrogen-bond acceptors (Lipinski definition) is 5. The van der Waals surface area contributed by atoms with Gasteiger partial charge in [-0.05, 0) is 54.4 Å². The van der Waals surface area contributed by atoms with Crippen LogP contribution in [0.25, 0.3) is 4.96 Å². The van der Waals surface area contributed by atoms with Crippen LogP contribution in [0.2, 0.25) is 0 Å². The van der Waals surface area contributed by atoms with Crippen molar-refractivity contribution in [2.24, 2.45) is 0 Å². The van der Waals surface area contributed by atoms with Gasteiger partial charge in [0.15, 0.2) is 5.78 Å². The van der Waals surface area contributed by atoms with Crippen LogP contribution >= 0.6 is 11.3 Å². The summed E-state index contributed by atoms with van der Waals surface area (Å²) in [5, 5.41) is 5.08. The van der Waals surface area contributed by atoms with Gasteiger partial charge in [-0.2, -0.15) is 0 Å². The molecule has 24 heavy (non-hydrogen) atoms. The Morgan fingerprint density at radius 1 is 1.21 bits per heavy atom. The van der Waals surface area contributed by atoms with Crippen molar-refractivity contribution < 1.29 is 9.53 Å². The molecule has 3 aromatic rings. The first kappa shape index (κ1) is 14.2. The molecule has 2 aromatic heterocycles. The van der Waals surface area contributed by atoms with Gasteiger partial charge in [-0.25, -0.2) is 9.50 Å². The van der Waals surface area contributed by atoms with Gasteiger partial charge in [-0.15, -0.1) is 5.10 Å². The van der Waals surface area contributed by atoms with Crippen LogP contribution in [0.3, 0.4) is 0 Å². The first-order valence-electron chi connectivity index (χ1n) is 8.46. The van der Waals surface area contributed by atoms with Crippen LogP contribution in [0, 0.1) is 0 Å². The number of aromatic nitrogens is 3. The van der Waals surface area contributed by atoms with Crippen LogP contribution in [0.1, 0.15) is 59.6 Å². The average molecular weight is 339 g/mol. The van der Waals surface area contributed by atoms with E-state index in [1.807, 2.05) is 28.9 Å². The van der Waals surface area contributed by atoms with Crippen molar-refractivity contribution in [2.45, 2.75) is 44.4 Å². The Hall–Kier alpha value is -2.21. The van der Waals surface area contributed by atoms with Gasteiger partial charge in [0.2, 0.25) is 4.96 Å². The zero-order chi connectivity index (χ0) is 16.1. The predicted octanol–water partition coefficient (Wildman–Crippen LogP) is 4.37. The van der Waals surface area contributed by atoms with Gasteiger partial charge in [0.05, 0.1) is 11.9 Å². The molecule has 0 unspecified atom stereocenters. The molecule has 122 valence electrons. The number of Topliss-reactive ketones (excluding diaryl/α,β-unsaturated/α-hetero) is 1. The number of rotatable bonds is 3. The van der Waals surface area contributed by atoms with Crippen LogP contribution in [0.5, 0.6) is 10.9 Å². The second-order valence-electron chi connectivity index (χ2n) is 6.59. The van der Waals surface area contributed by atoms with E-state index in [4.69, 9.17) is 9.72 Å². The molecule has 0 bridgehead atoms. The Balaban J connectivity index is 1.39. The molecule has 0 N–H and O–H groups in total. The number of carbonyl (C=O) groups is 1. The lowest BCUT2D eigenvalue weighted by Crippen LogP contribution is -1.93. The minimum Gasteiger partial charge on any atom is -0.430 e. The summed E-state index contributed by atoms with van der Waals surface area (Å²) >= 11 is 1.46. The Kier molecular flexibility index (Phi) is 3.19. The van der Waals surface area contributed by atoms with E-state index < -0.39 is 0 Å². The van der Waals surface area contributed by atoms with Gasteiger partial charge in [0, 0.05) is 17.9 Å². The Labute approximate surface area is 143 Å². The third-order valence-corrected chi connectivity index (χ3v) is 5.82. The summed E-state index contributed by atoms with van der Waals surface area (Å²) < 4.78 is 7.71. The molecule has 0 amide bonds. The molecule has 5 nitrogen and oxygen atoms in total. The van der Waals surface area contributed by atoms with E-state index in [2.05, 4.69) is 5.10 Å². The monoisotopic (exact) mass is 339 g/mol. The molecule has 0 spiro atoms. The summed E-state index contributed by atoms with van der Waals surface area (Å²) in [6, 6.07) is 5.65. The highest BCUT2D eigenvalue weighted by Gasteiger charge is 2.22. The molecule has 0 saturated heterocycles. The maximum Gasteiger partial charge on any atom is 0.299 e. The lowest BCUT2D eigenvalue weighted by Gasteiger charge is -2.04. The Morgan fingerprint density at radius 2 is 2.08 bits per heavy atom. The van der Waals surface area contributed by atoms with Crippen LogP contribution < -0.4 is 4.74 Å². The molecule has 2 heterocycles. The van der Waals surface area contributed by atoms with E-state index in [0.29, 0.717) is 17.5 Å². The van der Waals surface area contributed by atoms with E-state index in [0.717, 1.165) is 34.0 Å². The smallest absolute Gasteiger partial charge is 0.299 e. The first-order valence-corrected chi connectivity index (χ1v) is 9.28. The number of benzene rings is 1. The highest BCUT2D eigenvalue weighted by molar-refractivity contribution is 7.18. The highest BCUT2D eigenvalue weighted by atomic mass is 32.1. The third kappa shape index (κ3) is 2.33. The van der Waals surface area contributed by atoms with Crippen molar-refractivity contribution in [3.63, 3.8) is 0 Å². The van der Waals surface area contributed by atoms with E-state index in [9.17, 15) is 4.79 Å². The van der Waals surface area contributed by atoms with Crippen molar-refractivity contribution in [3.8, 4) is 10.9 Å². The maximum atomic E-state index is 11.7. The lowest BCUT2D eigenvalue weighted by atomic mass is 10.1. The molecule has 5 rings (SSSR count). The lowest BCUT2D eigenvalue weighted by molar-refractivity contribution is 0.0994. The van der Waals surface area contributed by atoms with Gasteiger partial charge in [-0.1, -0.05) is 12.8 Å². The molecule has 6 heteroatoms. The van der Waals surface area contributed by atoms with E-state index >= 15 is 0 Å². The van der Waals surface area contributed by atoms with Crippen LogP contribution in [0.4, 0.5) is 0 Å². The van der Waals surface area contributed by atoms with Gasteiger partial charge in [0.1, 0.15) is 5.75 Å². The molecule has 0 aliphatic heterocycles. The molecule has 1 saturated carbocycles. The minimum atomic E-state index is 0.226. The topological polar surface area (TPSA) is 56.5 Å². The van der Waals surface area contributed by atoms with Gasteiger partial charge in [-0.3, -0.25) is 4.79 Å². The van der Waals surface area contributed by atoms with Crippen LogP contribution in [-0.2, 0) is 6.42 Å². The van der Waals surface area contributed by atoms with Gasteiger partial charge < -0.3 is 4.74 Å². The fraction of sp³-hybridized carbons (Fsp3) is 0.389. The van der Waals surface area contributed by atoms with Crippen molar-refractivity contribution >= 4 is 22.1 Å². The maximum absolute atomic E-state index is 11.7. The third-order valence-electron chi connectivity index (χ3n) is 5.02. The molecule has 1 aromatic carbocycles. The molecule has 0 radical (unpaired) electrons. The summed E-state index contributed by atoms with van der Waals surface area (Å²) in [6.45, 7) is 0. The SMILES string of the molecule is O=C1CCc2cc(Oc3nn4cc(C5CCCC5)nc4s3)ccc21. The zero-order valence-corrected chi connectivity index (χ0v) is 14.0. The summed E-state index contributed by atoms with van der Waals surface area (Å²) in [4.78, 5) is 17.3. The van der Waals surface area contributed by atoms with Crippen molar-refractivity contribution in [3.05, 3.63) is 41.2 Å². The zero-order valence-electron chi connectivity index (χ0n) is 13.2. The first-order chi connectivity index (χ1) is 11.8. The Bertz CT molecular complexity index is 906. The summed E-state index contributed by atoms with van der Waals surface area (Å²) in [5.41, 5.74) is 3.06. The predicted molar refractivity (Wildman–Crippen MR) is 91.2 cm³/mol. The number of fused-ring (bicyclic) bond motifs is 2. The van der Waals surface area contributed by atoms with Crippen molar-refractivity contribution in [1.82, 2.24) is 14.6 Å². The van der Waals surface area contributed by atoms with Gasteiger partial charge in [0.25, 0.3) is 5.19 Å². The summed E-state index contributed by atoms with van der Waals surface area (Å²) in [7, 11) is 0. The van der Waals surface area contributed by atoms with Gasteiger partial charge >= 0.3 is 0 Å². The highest BCUT2D eigenvalue weighted by Crippen LogP contribution is 2.35. The summed E-state index contributed by atoms with van der Waals surface area (Å²) in [6.07, 6.45) is 8.53. The summed E-state index contributed by atoms with van der Waals surface area (Å²) in [5.74, 6) is 1.55. The number of carbonyl (C=O) groups excluding carboxylic acids is 1. The number of ketones is 1. The molecule has 2 aliphatic carbocycles. The van der Waals surface area contributed by atoms with E-state index in [1.54, 1.807) is 0 Å². The van der Waals surface area contributed by atoms with Crippen LogP contribution in [0.15, 0.2) is 24.4 Å². The standard InChI is InChI=1S/C18H17N3O2S/c22-16-8-5-12-9-13(6-7-14(12)16)23-18-20-21-10-15(19-17(21)24-18)11-3-1-2-4-11/h6-7,9-11H,1-5,8H2. The number of hydrogen-bond donors (Lipinski definition) is 0. The molecular formula is C18H17N3O2S.